The molecule has 5 unspecified atom stereocenters. The first-order valence-electron chi connectivity index (χ1n) is 7.31. The Morgan fingerprint density at radius 2 is 2.11 bits per heavy atom. The SMILES string of the molecule is CCC(C)(C)C(=O)OC1CC2CC1C1COC(=O)C21. The molecule has 0 aromatic rings. The summed E-state index contributed by atoms with van der Waals surface area (Å²) in [6, 6.07) is 0. The van der Waals surface area contributed by atoms with Crippen molar-refractivity contribution in [1.29, 1.82) is 0 Å². The zero-order valence-electron chi connectivity index (χ0n) is 11.8. The molecule has 2 aliphatic carbocycles. The summed E-state index contributed by atoms with van der Waals surface area (Å²) in [6.45, 7) is 6.37. The molecule has 4 heteroatoms. The number of carbonyl (C=O) groups excluding carboxylic acids is 2. The minimum Gasteiger partial charge on any atom is -0.465 e. The Kier molecular flexibility index (Phi) is 2.88. The van der Waals surface area contributed by atoms with Crippen molar-refractivity contribution in [3.05, 3.63) is 0 Å². The average Bonchev–Trinajstić information content (AvgIpc) is 3.02. The van der Waals surface area contributed by atoms with Gasteiger partial charge >= 0.3 is 11.9 Å². The molecule has 0 aromatic carbocycles. The Bertz CT molecular complexity index is 414. The van der Waals surface area contributed by atoms with Crippen LogP contribution >= 0.6 is 0 Å². The molecule has 3 aliphatic rings. The number of ether oxygens (including phenoxy) is 2. The van der Waals surface area contributed by atoms with E-state index in [9.17, 15) is 9.59 Å². The average molecular weight is 266 g/mol. The van der Waals surface area contributed by atoms with Gasteiger partial charge in [0.05, 0.1) is 17.9 Å². The molecular weight excluding hydrogens is 244 g/mol. The summed E-state index contributed by atoms with van der Waals surface area (Å²) in [5, 5.41) is 0. The van der Waals surface area contributed by atoms with Crippen LogP contribution in [-0.4, -0.2) is 24.6 Å². The van der Waals surface area contributed by atoms with E-state index in [0.29, 0.717) is 18.4 Å². The summed E-state index contributed by atoms with van der Waals surface area (Å²) < 4.78 is 10.9. The van der Waals surface area contributed by atoms with Crippen molar-refractivity contribution in [2.45, 2.75) is 46.1 Å². The molecule has 3 fully saturated rings. The monoisotopic (exact) mass is 266 g/mol. The van der Waals surface area contributed by atoms with Crippen LogP contribution in [0.25, 0.3) is 0 Å². The highest BCUT2D eigenvalue weighted by molar-refractivity contribution is 5.77. The minimum absolute atomic E-state index is 0.000856. The number of hydrogen-bond donors (Lipinski definition) is 0. The second-order valence-corrected chi connectivity index (χ2v) is 6.90. The first-order valence-corrected chi connectivity index (χ1v) is 7.31. The van der Waals surface area contributed by atoms with Gasteiger partial charge in [-0.25, -0.2) is 0 Å². The van der Waals surface area contributed by atoms with Crippen LogP contribution in [0, 0.1) is 29.1 Å². The Balaban J connectivity index is 1.67. The van der Waals surface area contributed by atoms with E-state index < -0.39 is 5.41 Å². The van der Waals surface area contributed by atoms with E-state index in [-0.39, 0.29) is 29.9 Å². The molecule has 5 atom stereocenters. The highest BCUT2D eigenvalue weighted by Crippen LogP contribution is 2.56. The quantitative estimate of drug-likeness (QED) is 0.735. The molecule has 1 saturated heterocycles. The van der Waals surface area contributed by atoms with Crippen molar-refractivity contribution in [2.24, 2.45) is 29.1 Å². The van der Waals surface area contributed by atoms with Crippen LogP contribution in [0.3, 0.4) is 0 Å². The summed E-state index contributed by atoms with van der Waals surface area (Å²) in [6.07, 6.45) is 2.64. The van der Waals surface area contributed by atoms with Gasteiger partial charge in [-0.1, -0.05) is 6.92 Å². The number of rotatable bonds is 3. The lowest BCUT2D eigenvalue weighted by molar-refractivity contribution is -0.163. The third-order valence-electron chi connectivity index (χ3n) is 5.49. The molecule has 2 bridgehead atoms. The Labute approximate surface area is 113 Å². The molecule has 0 amide bonds. The van der Waals surface area contributed by atoms with Gasteiger partial charge in [0.25, 0.3) is 0 Å². The number of esters is 2. The summed E-state index contributed by atoms with van der Waals surface area (Å²) in [4.78, 5) is 23.8. The molecule has 0 radical (unpaired) electrons. The molecule has 1 heterocycles. The topological polar surface area (TPSA) is 52.6 Å². The van der Waals surface area contributed by atoms with E-state index in [2.05, 4.69) is 0 Å². The second-order valence-electron chi connectivity index (χ2n) is 6.90. The van der Waals surface area contributed by atoms with Crippen LogP contribution in [-0.2, 0) is 19.1 Å². The van der Waals surface area contributed by atoms with E-state index in [1.54, 1.807) is 0 Å². The molecule has 1 aliphatic heterocycles. The first-order chi connectivity index (χ1) is 8.94. The van der Waals surface area contributed by atoms with E-state index in [1.807, 2.05) is 20.8 Å². The van der Waals surface area contributed by atoms with Gasteiger partial charge in [0.1, 0.15) is 6.10 Å². The van der Waals surface area contributed by atoms with Gasteiger partial charge < -0.3 is 9.47 Å². The third kappa shape index (κ3) is 1.87. The third-order valence-corrected chi connectivity index (χ3v) is 5.49. The fraction of sp³-hybridized carbons (Fsp3) is 0.867. The maximum atomic E-state index is 12.2. The number of carbonyl (C=O) groups is 2. The van der Waals surface area contributed by atoms with Gasteiger partial charge in [-0.15, -0.1) is 0 Å². The summed E-state index contributed by atoms with van der Waals surface area (Å²) in [5.41, 5.74) is -0.413. The standard InChI is InChI=1S/C15H22O4/c1-4-15(2,3)14(17)19-11-6-8-5-9(11)10-7-18-13(16)12(8)10/h8-12H,4-7H2,1-3H3. The van der Waals surface area contributed by atoms with Gasteiger partial charge in [0, 0.05) is 11.8 Å². The maximum absolute atomic E-state index is 12.2. The first kappa shape index (κ1) is 12.9. The maximum Gasteiger partial charge on any atom is 0.311 e. The van der Waals surface area contributed by atoms with Crippen molar-refractivity contribution in [3.8, 4) is 0 Å². The van der Waals surface area contributed by atoms with Gasteiger partial charge in [-0.2, -0.15) is 0 Å². The molecule has 0 aromatic heterocycles. The lowest BCUT2D eigenvalue weighted by atomic mass is 9.79. The van der Waals surface area contributed by atoms with Crippen LogP contribution in [0.2, 0.25) is 0 Å². The van der Waals surface area contributed by atoms with Gasteiger partial charge in [0.15, 0.2) is 0 Å². The van der Waals surface area contributed by atoms with Crippen molar-refractivity contribution < 1.29 is 19.1 Å². The van der Waals surface area contributed by atoms with Crippen molar-refractivity contribution >= 4 is 11.9 Å². The number of hydrogen-bond acceptors (Lipinski definition) is 4. The highest BCUT2D eigenvalue weighted by Gasteiger charge is 2.60. The van der Waals surface area contributed by atoms with Crippen molar-refractivity contribution in [2.75, 3.05) is 6.61 Å². The van der Waals surface area contributed by atoms with E-state index >= 15 is 0 Å². The number of cyclic esters (lactones) is 1. The van der Waals surface area contributed by atoms with Crippen LogP contribution < -0.4 is 0 Å². The van der Waals surface area contributed by atoms with E-state index in [4.69, 9.17) is 9.47 Å². The summed E-state index contributed by atoms with van der Waals surface area (Å²) in [7, 11) is 0. The zero-order chi connectivity index (χ0) is 13.8. The molecule has 0 spiro atoms. The van der Waals surface area contributed by atoms with Gasteiger partial charge in [0.2, 0.25) is 0 Å². The fourth-order valence-electron chi connectivity index (χ4n) is 3.88. The molecule has 4 nitrogen and oxygen atoms in total. The molecule has 106 valence electrons. The zero-order valence-corrected chi connectivity index (χ0v) is 11.8. The predicted octanol–water partition coefficient (Wildman–Crippen LogP) is 2.16. The summed E-state index contributed by atoms with van der Waals surface area (Å²) >= 11 is 0. The second kappa shape index (κ2) is 4.22. The highest BCUT2D eigenvalue weighted by atomic mass is 16.6. The molecule has 3 rings (SSSR count). The van der Waals surface area contributed by atoms with Gasteiger partial charge in [-0.05, 0) is 39.0 Å². The predicted molar refractivity (Wildman–Crippen MR) is 68.1 cm³/mol. The Morgan fingerprint density at radius 1 is 1.37 bits per heavy atom. The Morgan fingerprint density at radius 3 is 2.79 bits per heavy atom. The van der Waals surface area contributed by atoms with Crippen molar-refractivity contribution in [1.82, 2.24) is 0 Å². The van der Waals surface area contributed by atoms with Crippen LogP contribution in [0.4, 0.5) is 0 Å². The van der Waals surface area contributed by atoms with Crippen LogP contribution in [0.5, 0.6) is 0 Å². The molecule has 2 saturated carbocycles. The number of fused-ring (bicyclic) bond motifs is 5. The lowest BCUT2D eigenvalue weighted by Crippen LogP contribution is -2.37. The minimum atomic E-state index is -0.413. The smallest absolute Gasteiger partial charge is 0.311 e. The lowest BCUT2D eigenvalue weighted by Gasteiger charge is -2.31. The van der Waals surface area contributed by atoms with Crippen LogP contribution in [0.15, 0.2) is 0 Å². The largest absolute Gasteiger partial charge is 0.465 e. The van der Waals surface area contributed by atoms with E-state index in [1.165, 1.54) is 0 Å². The molecular formula is C15H22O4. The normalized spacial score (nSPS) is 40.2. The van der Waals surface area contributed by atoms with Crippen LogP contribution in [0.1, 0.15) is 40.0 Å². The summed E-state index contributed by atoms with van der Waals surface area (Å²) in [5.74, 6) is 0.934. The fourth-order valence-corrected chi connectivity index (χ4v) is 3.88. The van der Waals surface area contributed by atoms with Gasteiger partial charge in [-0.3, -0.25) is 9.59 Å². The van der Waals surface area contributed by atoms with Crippen molar-refractivity contribution in [3.63, 3.8) is 0 Å². The molecule has 19 heavy (non-hydrogen) atoms. The molecule has 0 N–H and O–H groups in total. The Hall–Kier alpha value is -1.06. The van der Waals surface area contributed by atoms with E-state index in [0.717, 1.165) is 19.3 Å².